The molecule has 16 heavy (non-hydrogen) atoms. The van der Waals surface area contributed by atoms with Crippen molar-refractivity contribution < 1.29 is 4.42 Å². The summed E-state index contributed by atoms with van der Waals surface area (Å²) in [7, 11) is 0. The molecule has 0 saturated carbocycles. The lowest BCUT2D eigenvalue weighted by Gasteiger charge is -2.48. The number of piperidine rings is 2. The Hall–Kier alpha value is -0.760. The zero-order valence-electron chi connectivity index (χ0n) is 10.1. The van der Waals surface area contributed by atoms with Crippen LogP contribution in [-0.4, -0.2) is 17.5 Å². The smallest absolute Gasteiger partial charge is 0.0950 e. The SMILES string of the molecule is CC1CCC(c2ccoc2)N2CCCCC12. The highest BCUT2D eigenvalue weighted by Gasteiger charge is 2.37. The Balaban J connectivity index is 1.84. The van der Waals surface area contributed by atoms with Crippen LogP contribution in [0.3, 0.4) is 0 Å². The number of furan rings is 1. The molecule has 2 saturated heterocycles. The van der Waals surface area contributed by atoms with Gasteiger partial charge in [0.05, 0.1) is 12.5 Å². The van der Waals surface area contributed by atoms with Crippen LogP contribution >= 0.6 is 0 Å². The fourth-order valence-electron chi connectivity index (χ4n) is 3.58. The van der Waals surface area contributed by atoms with E-state index in [4.69, 9.17) is 4.42 Å². The number of hydrogen-bond donors (Lipinski definition) is 0. The molecule has 0 radical (unpaired) electrons. The molecule has 0 N–H and O–H groups in total. The maximum absolute atomic E-state index is 5.25. The summed E-state index contributed by atoms with van der Waals surface area (Å²) < 4.78 is 5.25. The van der Waals surface area contributed by atoms with Crippen molar-refractivity contribution in [2.75, 3.05) is 6.54 Å². The molecule has 2 aliphatic heterocycles. The van der Waals surface area contributed by atoms with E-state index in [1.807, 2.05) is 12.5 Å². The molecule has 2 nitrogen and oxygen atoms in total. The monoisotopic (exact) mass is 219 g/mol. The summed E-state index contributed by atoms with van der Waals surface area (Å²) in [6, 6.07) is 3.59. The van der Waals surface area contributed by atoms with Crippen molar-refractivity contribution in [1.82, 2.24) is 4.90 Å². The highest BCUT2D eigenvalue weighted by molar-refractivity contribution is 5.14. The highest BCUT2D eigenvalue weighted by atomic mass is 16.3. The molecule has 3 unspecified atom stereocenters. The van der Waals surface area contributed by atoms with Crippen molar-refractivity contribution in [1.29, 1.82) is 0 Å². The Labute approximate surface area is 97.6 Å². The second-order valence-electron chi connectivity index (χ2n) is 5.43. The third kappa shape index (κ3) is 1.69. The van der Waals surface area contributed by atoms with Gasteiger partial charge in [-0.3, -0.25) is 4.90 Å². The number of fused-ring (bicyclic) bond motifs is 1. The van der Waals surface area contributed by atoms with Crippen molar-refractivity contribution >= 4 is 0 Å². The summed E-state index contributed by atoms with van der Waals surface area (Å²) in [6.45, 7) is 3.71. The van der Waals surface area contributed by atoms with Crippen LogP contribution in [0.25, 0.3) is 0 Å². The summed E-state index contributed by atoms with van der Waals surface area (Å²) in [5.74, 6) is 0.878. The van der Waals surface area contributed by atoms with Crippen LogP contribution in [0, 0.1) is 5.92 Å². The number of rotatable bonds is 1. The van der Waals surface area contributed by atoms with E-state index in [1.165, 1.54) is 44.2 Å². The maximum Gasteiger partial charge on any atom is 0.0950 e. The van der Waals surface area contributed by atoms with Crippen LogP contribution in [0.5, 0.6) is 0 Å². The van der Waals surface area contributed by atoms with E-state index < -0.39 is 0 Å². The average Bonchev–Trinajstić information content (AvgIpc) is 2.83. The van der Waals surface area contributed by atoms with E-state index in [2.05, 4.69) is 17.9 Å². The standard InChI is InChI=1S/C14H21NO/c1-11-5-6-14(12-7-9-16-10-12)15-8-3-2-4-13(11)15/h7,9-11,13-14H,2-6,8H2,1H3. The zero-order valence-corrected chi connectivity index (χ0v) is 10.1. The predicted molar refractivity (Wildman–Crippen MR) is 64.2 cm³/mol. The Morgan fingerprint density at radius 1 is 1.25 bits per heavy atom. The lowest BCUT2D eigenvalue weighted by atomic mass is 9.80. The first-order valence-corrected chi connectivity index (χ1v) is 6.64. The van der Waals surface area contributed by atoms with Crippen LogP contribution in [0.15, 0.2) is 23.0 Å². The van der Waals surface area contributed by atoms with Gasteiger partial charge < -0.3 is 4.42 Å². The van der Waals surface area contributed by atoms with Gasteiger partial charge >= 0.3 is 0 Å². The second kappa shape index (κ2) is 4.25. The summed E-state index contributed by atoms with van der Waals surface area (Å²) in [6.07, 6.45) is 10.6. The van der Waals surface area contributed by atoms with Crippen LogP contribution in [0.1, 0.15) is 50.6 Å². The van der Waals surface area contributed by atoms with Crippen LogP contribution < -0.4 is 0 Å². The normalized spacial score (nSPS) is 35.9. The van der Waals surface area contributed by atoms with Gasteiger partial charge in [-0.15, -0.1) is 0 Å². The molecule has 1 aromatic heterocycles. The van der Waals surface area contributed by atoms with Crippen molar-refractivity contribution in [3.63, 3.8) is 0 Å². The molecule has 0 spiro atoms. The first kappa shape index (κ1) is 10.4. The Kier molecular flexibility index (Phi) is 2.76. The molecular formula is C14H21NO. The van der Waals surface area contributed by atoms with Gasteiger partial charge in [-0.05, 0) is 44.2 Å². The molecule has 0 aliphatic carbocycles. The van der Waals surface area contributed by atoms with Gasteiger partial charge in [0.2, 0.25) is 0 Å². The Morgan fingerprint density at radius 3 is 3.00 bits per heavy atom. The average molecular weight is 219 g/mol. The highest BCUT2D eigenvalue weighted by Crippen LogP contribution is 2.41. The quantitative estimate of drug-likeness (QED) is 0.717. The van der Waals surface area contributed by atoms with Crippen molar-refractivity contribution in [3.05, 3.63) is 24.2 Å². The molecule has 3 rings (SSSR count). The lowest BCUT2D eigenvalue weighted by molar-refractivity contribution is 0.0168. The molecule has 0 bridgehead atoms. The third-order valence-electron chi connectivity index (χ3n) is 4.47. The number of hydrogen-bond acceptors (Lipinski definition) is 2. The fourth-order valence-corrected chi connectivity index (χ4v) is 3.58. The van der Waals surface area contributed by atoms with Crippen LogP contribution in [-0.2, 0) is 0 Å². The topological polar surface area (TPSA) is 16.4 Å². The second-order valence-corrected chi connectivity index (χ2v) is 5.43. The summed E-state index contributed by atoms with van der Waals surface area (Å²) in [4.78, 5) is 2.74. The molecule has 2 aliphatic rings. The molecule has 3 atom stereocenters. The van der Waals surface area contributed by atoms with Gasteiger partial charge in [0.15, 0.2) is 0 Å². The predicted octanol–water partition coefficient (Wildman–Crippen LogP) is 3.61. The van der Waals surface area contributed by atoms with E-state index in [-0.39, 0.29) is 0 Å². The van der Waals surface area contributed by atoms with Crippen molar-refractivity contribution in [2.45, 2.75) is 51.1 Å². The molecule has 0 amide bonds. The van der Waals surface area contributed by atoms with Gasteiger partial charge in [-0.1, -0.05) is 13.3 Å². The fraction of sp³-hybridized carbons (Fsp3) is 0.714. The largest absolute Gasteiger partial charge is 0.472 e. The molecule has 3 heterocycles. The third-order valence-corrected chi connectivity index (χ3v) is 4.47. The zero-order chi connectivity index (χ0) is 11.0. The first-order chi connectivity index (χ1) is 7.86. The molecule has 0 aromatic carbocycles. The summed E-state index contributed by atoms with van der Waals surface area (Å²) in [5, 5.41) is 0. The maximum atomic E-state index is 5.25. The van der Waals surface area contributed by atoms with Gasteiger partial charge in [-0.25, -0.2) is 0 Å². The van der Waals surface area contributed by atoms with Gasteiger partial charge in [0.1, 0.15) is 0 Å². The minimum atomic E-state index is 0.625. The number of nitrogens with zero attached hydrogens (tertiary/aromatic N) is 1. The van der Waals surface area contributed by atoms with Crippen LogP contribution in [0.2, 0.25) is 0 Å². The van der Waals surface area contributed by atoms with E-state index >= 15 is 0 Å². The van der Waals surface area contributed by atoms with Gasteiger partial charge in [-0.2, -0.15) is 0 Å². The van der Waals surface area contributed by atoms with Crippen molar-refractivity contribution in [2.24, 2.45) is 5.92 Å². The van der Waals surface area contributed by atoms with E-state index in [0.29, 0.717) is 6.04 Å². The molecule has 1 aromatic rings. The van der Waals surface area contributed by atoms with Gasteiger partial charge in [0, 0.05) is 17.6 Å². The summed E-state index contributed by atoms with van der Waals surface area (Å²) in [5.41, 5.74) is 1.39. The van der Waals surface area contributed by atoms with Gasteiger partial charge in [0.25, 0.3) is 0 Å². The Bertz CT molecular complexity index is 333. The van der Waals surface area contributed by atoms with Crippen LogP contribution in [0.4, 0.5) is 0 Å². The minimum Gasteiger partial charge on any atom is -0.472 e. The van der Waals surface area contributed by atoms with E-state index in [0.717, 1.165) is 12.0 Å². The van der Waals surface area contributed by atoms with Crippen molar-refractivity contribution in [3.8, 4) is 0 Å². The minimum absolute atomic E-state index is 0.625. The Morgan fingerprint density at radius 2 is 2.19 bits per heavy atom. The molecule has 88 valence electrons. The molecular weight excluding hydrogens is 198 g/mol. The molecule has 2 fully saturated rings. The van der Waals surface area contributed by atoms with E-state index in [9.17, 15) is 0 Å². The van der Waals surface area contributed by atoms with E-state index in [1.54, 1.807) is 0 Å². The first-order valence-electron chi connectivity index (χ1n) is 6.64. The lowest BCUT2D eigenvalue weighted by Crippen LogP contribution is -2.48. The summed E-state index contributed by atoms with van der Waals surface area (Å²) >= 11 is 0. The molecule has 2 heteroatoms.